The van der Waals surface area contributed by atoms with Crippen LogP contribution in [0, 0.1) is 11.7 Å². The van der Waals surface area contributed by atoms with Crippen LogP contribution in [0.5, 0.6) is 0 Å². The largest absolute Gasteiger partial charge is 0.369 e. The molecule has 1 saturated heterocycles. The topological polar surface area (TPSA) is 63.1 Å². The third kappa shape index (κ3) is 3.81. The Hall–Kier alpha value is -3.22. The molecule has 1 aliphatic heterocycles. The number of benzene rings is 2. The molecule has 2 heterocycles. The van der Waals surface area contributed by atoms with Gasteiger partial charge in [-0.3, -0.25) is 4.79 Å². The Morgan fingerprint density at radius 1 is 1.15 bits per heavy atom. The lowest BCUT2D eigenvalue weighted by Gasteiger charge is -2.19. The molecule has 1 N–H and O–H groups in total. The van der Waals surface area contributed by atoms with E-state index in [1.165, 1.54) is 6.07 Å². The van der Waals surface area contributed by atoms with Crippen LogP contribution in [0.25, 0.3) is 5.69 Å². The molecule has 4 rings (SSSR count). The molecule has 7 heteroatoms. The van der Waals surface area contributed by atoms with Crippen molar-refractivity contribution in [1.82, 2.24) is 20.3 Å². The first-order chi connectivity index (χ1) is 13.2. The SMILES string of the molecule is O=C(NCC1CCN(c2ccccc2F)C1)c1cn(-c2ccccc2)nn1. The van der Waals surface area contributed by atoms with Gasteiger partial charge in [-0.1, -0.05) is 35.5 Å². The molecule has 2 aromatic carbocycles. The monoisotopic (exact) mass is 365 g/mol. The summed E-state index contributed by atoms with van der Waals surface area (Å²) in [6, 6.07) is 16.3. The first-order valence-electron chi connectivity index (χ1n) is 8.96. The number of rotatable bonds is 5. The van der Waals surface area contributed by atoms with Gasteiger partial charge in [-0.25, -0.2) is 9.07 Å². The van der Waals surface area contributed by atoms with Crippen LogP contribution < -0.4 is 10.2 Å². The van der Waals surface area contributed by atoms with E-state index in [1.807, 2.05) is 41.3 Å². The minimum atomic E-state index is -0.249. The summed E-state index contributed by atoms with van der Waals surface area (Å²) in [5, 5.41) is 10.9. The molecule has 1 unspecified atom stereocenters. The number of aromatic nitrogens is 3. The van der Waals surface area contributed by atoms with Gasteiger partial charge in [0.05, 0.1) is 17.6 Å². The van der Waals surface area contributed by atoms with Crippen molar-refractivity contribution in [3.63, 3.8) is 0 Å². The number of nitrogens with one attached hydrogen (secondary N) is 1. The average Bonchev–Trinajstić information content (AvgIpc) is 3.37. The molecule has 0 spiro atoms. The molecule has 138 valence electrons. The Kier molecular flexibility index (Phi) is 4.82. The van der Waals surface area contributed by atoms with E-state index in [1.54, 1.807) is 23.0 Å². The van der Waals surface area contributed by atoms with E-state index in [9.17, 15) is 9.18 Å². The summed E-state index contributed by atoms with van der Waals surface area (Å²) in [7, 11) is 0. The smallest absolute Gasteiger partial charge is 0.273 e. The van der Waals surface area contributed by atoms with E-state index in [2.05, 4.69) is 15.6 Å². The molecule has 27 heavy (non-hydrogen) atoms. The number of hydrogen-bond acceptors (Lipinski definition) is 4. The second-order valence-electron chi connectivity index (χ2n) is 6.65. The van der Waals surface area contributed by atoms with Gasteiger partial charge in [0.2, 0.25) is 0 Å². The Balaban J connectivity index is 1.33. The second kappa shape index (κ2) is 7.57. The third-order valence-electron chi connectivity index (χ3n) is 4.78. The van der Waals surface area contributed by atoms with E-state index in [0.29, 0.717) is 12.2 Å². The van der Waals surface area contributed by atoms with Gasteiger partial charge in [-0.05, 0) is 36.6 Å². The summed E-state index contributed by atoms with van der Waals surface area (Å²) in [6.07, 6.45) is 2.52. The molecule has 6 nitrogen and oxygen atoms in total. The van der Waals surface area contributed by atoms with Crippen molar-refractivity contribution in [2.75, 3.05) is 24.5 Å². The Morgan fingerprint density at radius 3 is 2.74 bits per heavy atom. The molecule has 1 fully saturated rings. The van der Waals surface area contributed by atoms with E-state index >= 15 is 0 Å². The molecule has 1 aliphatic rings. The number of para-hydroxylation sites is 2. The van der Waals surface area contributed by atoms with Crippen LogP contribution in [0.3, 0.4) is 0 Å². The van der Waals surface area contributed by atoms with Crippen molar-refractivity contribution in [2.45, 2.75) is 6.42 Å². The van der Waals surface area contributed by atoms with Gasteiger partial charge in [0.15, 0.2) is 5.69 Å². The van der Waals surface area contributed by atoms with Gasteiger partial charge < -0.3 is 10.2 Å². The zero-order valence-corrected chi connectivity index (χ0v) is 14.8. The predicted molar refractivity (Wildman–Crippen MR) is 100 cm³/mol. The highest BCUT2D eigenvalue weighted by Gasteiger charge is 2.25. The summed E-state index contributed by atoms with van der Waals surface area (Å²) >= 11 is 0. The fraction of sp³-hybridized carbons (Fsp3) is 0.250. The number of anilines is 1. The molecule has 1 aromatic heterocycles. The summed E-state index contributed by atoms with van der Waals surface area (Å²) in [5.41, 5.74) is 1.75. The van der Waals surface area contributed by atoms with Gasteiger partial charge in [0.1, 0.15) is 5.82 Å². The lowest BCUT2D eigenvalue weighted by atomic mass is 10.1. The highest BCUT2D eigenvalue weighted by Crippen LogP contribution is 2.25. The summed E-state index contributed by atoms with van der Waals surface area (Å²) < 4.78 is 15.5. The second-order valence-corrected chi connectivity index (χ2v) is 6.65. The predicted octanol–water partition coefficient (Wildman–Crippen LogP) is 2.66. The van der Waals surface area contributed by atoms with Crippen molar-refractivity contribution in [2.24, 2.45) is 5.92 Å². The van der Waals surface area contributed by atoms with E-state index in [-0.39, 0.29) is 23.3 Å². The zero-order valence-electron chi connectivity index (χ0n) is 14.8. The van der Waals surface area contributed by atoms with E-state index in [4.69, 9.17) is 0 Å². The molecular formula is C20H20FN5O. The molecular weight excluding hydrogens is 345 g/mol. The number of amides is 1. The van der Waals surface area contributed by atoms with Crippen molar-refractivity contribution < 1.29 is 9.18 Å². The average molecular weight is 365 g/mol. The Bertz CT molecular complexity index is 927. The summed E-state index contributed by atoms with van der Waals surface area (Å²) in [6.45, 7) is 2.03. The van der Waals surface area contributed by atoms with Crippen LogP contribution in [0.1, 0.15) is 16.9 Å². The van der Waals surface area contributed by atoms with Crippen molar-refractivity contribution in [1.29, 1.82) is 0 Å². The first kappa shape index (κ1) is 17.2. The number of carbonyl (C=O) groups is 1. The standard InChI is InChI=1S/C20H20FN5O/c21-17-8-4-5-9-19(17)25-11-10-15(13-25)12-22-20(27)18-14-26(24-23-18)16-6-2-1-3-7-16/h1-9,14-15H,10-13H2,(H,22,27). The van der Waals surface area contributed by atoms with Crippen molar-refractivity contribution >= 4 is 11.6 Å². The van der Waals surface area contributed by atoms with Gasteiger partial charge in [0.25, 0.3) is 5.91 Å². The maximum absolute atomic E-state index is 13.9. The first-order valence-corrected chi connectivity index (χ1v) is 8.96. The van der Waals surface area contributed by atoms with Gasteiger partial charge in [-0.15, -0.1) is 5.10 Å². The summed E-state index contributed by atoms with van der Waals surface area (Å²) in [4.78, 5) is 14.4. The fourth-order valence-corrected chi connectivity index (χ4v) is 3.33. The molecule has 0 aliphatic carbocycles. The summed E-state index contributed by atoms with van der Waals surface area (Å²) in [5.74, 6) is -0.182. The van der Waals surface area contributed by atoms with Crippen LogP contribution >= 0.6 is 0 Å². The minimum absolute atomic E-state index is 0.209. The lowest BCUT2D eigenvalue weighted by molar-refractivity contribution is 0.0943. The van der Waals surface area contributed by atoms with Crippen LogP contribution in [-0.4, -0.2) is 40.5 Å². The molecule has 0 bridgehead atoms. The van der Waals surface area contributed by atoms with Crippen LogP contribution in [0.4, 0.5) is 10.1 Å². The molecule has 0 saturated carbocycles. The van der Waals surface area contributed by atoms with E-state index < -0.39 is 0 Å². The number of halogens is 1. The van der Waals surface area contributed by atoms with Crippen molar-refractivity contribution in [3.8, 4) is 5.69 Å². The van der Waals surface area contributed by atoms with Crippen molar-refractivity contribution in [3.05, 3.63) is 72.3 Å². The quantitative estimate of drug-likeness (QED) is 0.755. The van der Waals surface area contributed by atoms with Gasteiger partial charge in [0, 0.05) is 19.6 Å². The molecule has 1 amide bonds. The van der Waals surface area contributed by atoms with Crippen LogP contribution in [-0.2, 0) is 0 Å². The Morgan fingerprint density at radius 2 is 1.93 bits per heavy atom. The molecule has 1 atom stereocenters. The van der Waals surface area contributed by atoms with E-state index in [0.717, 1.165) is 25.2 Å². The van der Waals surface area contributed by atoms with Gasteiger partial charge in [-0.2, -0.15) is 0 Å². The number of hydrogen-bond donors (Lipinski definition) is 1. The molecule has 0 radical (unpaired) electrons. The fourth-order valence-electron chi connectivity index (χ4n) is 3.33. The highest BCUT2D eigenvalue weighted by molar-refractivity contribution is 5.91. The Labute approximate surface area is 156 Å². The molecule has 3 aromatic rings. The normalized spacial score (nSPS) is 16.5. The highest BCUT2D eigenvalue weighted by atomic mass is 19.1. The maximum atomic E-state index is 13.9. The van der Waals surface area contributed by atoms with Gasteiger partial charge >= 0.3 is 0 Å². The van der Waals surface area contributed by atoms with Crippen LogP contribution in [0.15, 0.2) is 60.8 Å². The lowest BCUT2D eigenvalue weighted by Crippen LogP contribution is -2.31. The van der Waals surface area contributed by atoms with Crippen LogP contribution in [0.2, 0.25) is 0 Å². The zero-order chi connectivity index (χ0) is 18.6. The number of nitrogens with zero attached hydrogens (tertiary/aromatic N) is 4. The number of carbonyl (C=O) groups excluding carboxylic acids is 1. The minimum Gasteiger partial charge on any atom is -0.369 e. The maximum Gasteiger partial charge on any atom is 0.273 e. The third-order valence-corrected chi connectivity index (χ3v) is 4.78.